The summed E-state index contributed by atoms with van der Waals surface area (Å²) in [5.41, 5.74) is 2.05. The molecule has 0 radical (unpaired) electrons. The molecular weight excluding hydrogens is 530 g/mol. The van der Waals surface area contributed by atoms with Gasteiger partial charge in [-0.15, -0.1) is 0 Å². The normalized spacial score (nSPS) is 11.9. The topological polar surface area (TPSA) is 105 Å². The number of nitrogens with zero attached hydrogens (tertiary/aromatic N) is 2. The molecule has 1 N–H and O–H groups in total. The number of anilines is 1. The van der Waals surface area contributed by atoms with Crippen LogP contribution in [0.25, 0.3) is 0 Å². The lowest BCUT2D eigenvalue weighted by Gasteiger charge is -2.32. The zero-order valence-electron chi connectivity index (χ0n) is 23.5. The van der Waals surface area contributed by atoms with Gasteiger partial charge in [0.2, 0.25) is 21.8 Å². The van der Waals surface area contributed by atoms with Crippen LogP contribution in [0.1, 0.15) is 31.9 Å². The maximum absolute atomic E-state index is 13.7. The highest BCUT2D eigenvalue weighted by atomic mass is 32.2. The minimum absolute atomic E-state index is 0.0899. The molecule has 1 atom stereocenters. The average Bonchev–Trinajstić information content (AvgIpc) is 2.93. The van der Waals surface area contributed by atoms with Crippen LogP contribution in [0, 0.1) is 0 Å². The van der Waals surface area contributed by atoms with Gasteiger partial charge < -0.3 is 19.7 Å². The number of hydrogen-bond acceptors (Lipinski definition) is 6. The van der Waals surface area contributed by atoms with Crippen molar-refractivity contribution in [3.8, 4) is 11.5 Å². The largest absolute Gasteiger partial charge is 0.497 e. The van der Waals surface area contributed by atoms with Crippen molar-refractivity contribution in [1.82, 2.24) is 10.2 Å². The first kappa shape index (κ1) is 30.5. The molecule has 2 amide bonds. The number of carbonyl (C=O) groups excluding carboxylic acids is 2. The maximum atomic E-state index is 13.7. The van der Waals surface area contributed by atoms with Gasteiger partial charge in [0.15, 0.2) is 0 Å². The van der Waals surface area contributed by atoms with E-state index >= 15 is 0 Å². The number of nitrogens with one attached hydrogen (secondary N) is 1. The quantitative estimate of drug-likeness (QED) is 0.335. The molecule has 0 fully saturated rings. The lowest BCUT2D eigenvalue weighted by atomic mass is 10.1. The van der Waals surface area contributed by atoms with Crippen LogP contribution < -0.4 is 19.1 Å². The van der Waals surface area contributed by atoms with Crippen LogP contribution in [-0.2, 0) is 32.8 Å². The third-order valence-electron chi connectivity index (χ3n) is 6.14. The summed E-state index contributed by atoms with van der Waals surface area (Å²) >= 11 is 0. The smallest absolute Gasteiger partial charge is 0.244 e. The molecule has 0 saturated carbocycles. The zero-order chi connectivity index (χ0) is 29.3. The Hall–Kier alpha value is -4.05. The summed E-state index contributed by atoms with van der Waals surface area (Å²) in [7, 11) is -2.29. The number of ether oxygens (including phenoxy) is 2. The van der Waals surface area contributed by atoms with E-state index < -0.39 is 28.5 Å². The summed E-state index contributed by atoms with van der Waals surface area (Å²) in [6, 6.07) is 22.4. The van der Waals surface area contributed by atoms with Gasteiger partial charge in [-0.1, -0.05) is 42.5 Å². The highest BCUT2D eigenvalue weighted by Gasteiger charge is 2.30. The molecule has 0 aliphatic carbocycles. The Morgan fingerprint density at radius 3 is 2.12 bits per heavy atom. The minimum atomic E-state index is -3.84. The van der Waals surface area contributed by atoms with Gasteiger partial charge in [0.05, 0.1) is 19.1 Å². The summed E-state index contributed by atoms with van der Waals surface area (Å²) in [6.07, 6.45) is 1.04. The summed E-state index contributed by atoms with van der Waals surface area (Å²) in [4.78, 5) is 27.9. The zero-order valence-corrected chi connectivity index (χ0v) is 24.4. The number of methoxy groups -OCH3 is 1. The van der Waals surface area contributed by atoms with Gasteiger partial charge in [-0.2, -0.15) is 0 Å². The van der Waals surface area contributed by atoms with E-state index in [0.29, 0.717) is 23.8 Å². The van der Waals surface area contributed by atoms with Crippen molar-refractivity contribution < 1.29 is 27.5 Å². The van der Waals surface area contributed by atoms with Crippen molar-refractivity contribution in [2.24, 2.45) is 0 Å². The van der Waals surface area contributed by atoms with Crippen LogP contribution >= 0.6 is 0 Å². The first-order valence-corrected chi connectivity index (χ1v) is 14.8. The number of benzene rings is 3. The number of amides is 2. The molecule has 9 nitrogen and oxygen atoms in total. The van der Waals surface area contributed by atoms with E-state index in [1.165, 1.54) is 4.90 Å². The number of carbonyl (C=O) groups is 2. The van der Waals surface area contributed by atoms with E-state index in [9.17, 15) is 18.0 Å². The number of rotatable bonds is 13. The fourth-order valence-electron chi connectivity index (χ4n) is 4.02. The summed E-state index contributed by atoms with van der Waals surface area (Å²) in [5.74, 6) is 0.309. The molecule has 0 aliphatic heterocycles. The van der Waals surface area contributed by atoms with Gasteiger partial charge in [-0.25, -0.2) is 8.42 Å². The predicted molar refractivity (Wildman–Crippen MR) is 156 cm³/mol. The van der Waals surface area contributed by atoms with Crippen molar-refractivity contribution >= 4 is 27.5 Å². The van der Waals surface area contributed by atoms with E-state index in [1.807, 2.05) is 50.2 Å². The highest BCUT2D eigenvalue weighted by molar-refractivity contribution is 7.92. The number of hydrogen-bond donors (Lipinski definition) is 1. The van der Waals surface area contributed by atoms with Crippen LogP contribution in [0.4, 0.5) is 5.69 Å². The molecule has 0 saturated heterocycles. The first-order valence-electron chi connectivity index (χ1n) is 12.9. The van der Waals surface area contributed by atoms with E-state index in [0.717, 1.165) is 21.7 Å². The fourth-order valence-corrected chi connectivity index (χ4v) is 4.87. The second-order valence-electron chi connectivity index (χ2n) is 9.75. The molecule has 3 rings (SSSR count). The second kappa shape index (κ2) is 13.8. The van der Waals surface area contributed by atoms with Crippen LogP contribution in [0.2, 0.25) is 0 Å². The van der Waals surface area contributed by atoms with Crippen LogP contribution in [0.5, 0.6) is 11.5 Å². The van der Waals surface area contributed by atoms with Gasteiger partial charge in [-0.3, -0.25) is 13.9 Å². The van der Waals surface area contributed by atoms with Crippen LogP contribution in [0.15, 0.2) is 78.9 Å². The van der Waals surface area contributed by atoms with Gasteiger partial charge >= 0.3 is 0 Å². The molecular formula is C30H37N3O6S. The Morgan fingerprint density at radius 1 is 0.875 bits per heavy atom. The second-order valence-corrected chi connectivity index (χ2v) is 11.7. The van der Waals surface area contributed by atoms with E-state index in [-0.39, 0.29) is 18.5 Å². The Labute approximate surface area is 236 Å². The van der Waals surface area contributed by atoms with Gasteiger partial charge in [0.25, 0.3) is 0 Å². The van der Waals surface area contributed by atoms with Gasteiger partial charge in [-0.05, 0) is 68.3 Å². The van der Waals surface area contributed by atoms with Crippen molar-refractivity contribution in [1.29, 1.82) is 0 Å². The standard InChI is InChI=1S/C30H37N3O6S/c1-22(2)31-30(35)23(3)32(19-25-12-9-13-28(18-25)38-4)29(34)20-33(40(5,36)37)26-14-16-27(17-15-26)39-21-24-10-7-6-8-11-24/h6-18,22-23H,19-21H2,1-5H3,(H,31,35). The molecule has 0 spiro atoms. The van der Waals surface area contributed by atoms with Crippen molar-refractivity contribution in [2.45, 2.75) is 46.0 Å². The predicted octanol–water partition coefficient (Wildman–Crippen LogP) is 3.98. The monoisotopic (exact) mass is 567 g/mol. The molecule has 0 heterocycles. The Kier molecular flexibility index (Phi) is 10.6. The molecule has 1 unspecified atom stereocenters. The maximum Gasteiger partial charge on any atom is 0.244 e. The highest BCUT2D eigenvalue weighted by Crippen LogP contribution is 2.23. The van der Waals surface area contributed by atoms with Crippen molar-refractivity contribution in [3.05, 3.63) is 90.0 Å². The number of sulfonamides is 1. The van der Waals surface area contributed by atoms with E-state index in [4.69, 9.17) is 9.47 Å². The molecule has 214 valence electrons. The fraction of sp³-hybridized carbons (Fsp3) is 0.333. The Balaban J connectivity index is 1.83. The van der Waals surface area contributed by atoms with E-state index in [1.54, 1.807) is 56.5 Å². The molecule has 0 bridgehead atoms. The lowest BCUT2D eigenvalue weighted by Crippen LogP contribution is -2.52. The summed E-state index contributed by atoms with van der Waals surface area (Å²) < 4.78 is 37.7. The third kappa shape index (κ3) is 8.74. The molecule has 0 aromatic heterocycles. The minimum Gasteiger partial charge on any atom is -0.497 e. The Bertz CT molecular complexity index is 1380. The van der Waals surface area contributed by atoms with E-state index in [2.05, 4.69) is 5.32 Å². The molecule has 10 heteroatoms. The molecule has 40 heavy (non-hydrogen) atoms. The summed E-state index contributed by atoms with van der Waals surface area (Å²) in [6.45, 7) is 5.26. The van der Waals surface area contributed by atoms with Crippen molar-refractivity contribution in [2.75, 3.05) is 24.2 Å². The Morgan fingerprint density at radius 2 is 1.52 bits per heavy atom. The van der Waals surface area contributed by atoms with Gasteiger partial charge in [0.1, 0.15) is 30.7 Å². The third-order valence-corrected chi connectivity index (χ3v) is 7.28. The molecule has 0 aliphatic rings. The summed E-state index contributed by atoms with van der Waals surface area (Å²) in [5, 5.41) is 2.83. The van der Waals surface area contributed by atoms with Crippen molar-refractivity contribution in [3.63, 3.8) is 0 Å². The molecule has 3 aromatic rings. The van der Waals surface area contributed by atoms with Crippen LogP contribution in [-0.4, -0.2) is 57.1 Å². The molecule has 3 aromatic carbocycles. The SMILES string of the molecule is COc1cccc(CN(C(=O)CN(c2ccc(OCc3ccccc3)cc2)S(C)(=O)=O)C(C)C(=O)NC(C)C)c1. The van der Waals surface area contributed by atoms with Crippen LogP contribution in [0.3, 0.4) is 0 Å². The average molecular weight is 568 g/mol. The first-order chi connectivity index (χ1) is 19.0. The lowest BCUT2D eigenvalue weighted by molar-refractivity contribution is -0.139. The van der Waals surface area contributed by atoms with Gasteiger partial charge in [0, 0.05) is 12.6 Å².